The zero-order valence-corrected chi connectivity index (χ0v) is 15.4. The molecule has 1 aliphatic heterocycles. The molecule has 2 aromatic heterocycles. The molecule has 0 radical (unpaired) electrons. The number of thiazole rings is 1. The quantitative estimate of drug-likeness (QED) is 0.889. The molecule has 0 saturated carbocycles. The number of aryl methyl sites for hydroxylation is 2. The number of carbonyl (C=O) groups is 1. The number of nitrogens with one attached hydrogen (secondary N) is 1. The van der Waals surface area contributed by atoms with Crippen LogP contribution in [0.3, 0.4) is 0 Å². The number of rotatable bonds is 5. The van der Waals surface area contributed by atoms with E-state index in [0.717, 1.165) is 17.0 Å². The molecule has 7 heteroatoms. The lowest BCUT2D eigenvalue weighted by Crippen LogP contribution is -2.48. The number of pyridine rings is 1. The summed E-state index contributed by atoms with van der Waals surface area (Å²) < 4.78 is 14.9. The topological polar surface area (TPSA) is 58.1 Å². The Morgan fingerprint density at radius 1 is 1.36 bits per heavy atom. The second kappa shape index (κ2) is 7.58. The van der Waals surface area contributed by atoms with Crippen LogP contribution in [0.2, 0.25) is 0 Å². The molecular formula is C18H23FN4OS. The Bertz CT molecular complexity index is 723. The maximum absolute atomic E-state index is 14.9. The summed E-state index contributed by atoms with van der Waals surface area (Å²) in [6, 6.07) is 3.95. The van der Waals surface area contributed by atoms with Gasteiger partial charge in [-0.3, -0.25) is 9.78 Å². The molecule has 25 heavy (non-hydrogen) atoms. The van der Waals surface area contributed by atoms with Crippen LogP contribution in [0.1, 0.15) is 39.6 Å². The number of carbonyl (C=O) groups excluding carboxylic acids is 1. The van der Waals surface area contributed by atoms with Crippen LogP contribution in [0.25, 0.3) is 0 Å². The summed E-state index contributed by atoms with van der Waals surface area (Å²) in [4.78, 5) is 22.6. The lowest BCUT2D eigenvalue weighted by Gasteiger charge is -2.36. The number of hydrogen-bond donors (Lipinski definition) is 1. The third kappa shape index (κ3) is 4.61. The standard InChI is InChI=1S/C18H23FN4OS/c1-13-3-4-15(21-9-13)10-20-12-18(19)5-7-23(8-6-18)17(24)16-22-14(2)11-25-16/h3-4,9,11,20H,5-8,10,12H2,1-2H3. The van der Waals surface area contributed by atoms with Gasteiger partial charge in [0, 0.05) is 56.3 Å². The van der Waals surface area contributed by atoms with Gasteiger partial charge in [-0.2, -0.15) is 0 Å². The van der Waals surface area contributed by atoms with E-state index >= 15 is 0 Å². The van der Waals surface area contributed by atoms with Gasteiger partial charge in [-0.1, -0.05) is 6.07 Å². The molecule has 0 atom stereocenters. The molecule has 0 bridgehead atoms. The fourth-order valence-electron chi connectivity index (χ4n) is 2.89. The molecule has 0 unspecified atom stereocenters. The van der Waals surface area contributed by atoms with Crippen molar-refractivity contribution in [2.24, 2.45) is 0 Å². The predicted molar refractivity (Wildman–Crippen MR) is 96.5 cm³/mol. The minimum atomic E-state index is -1.28. The molecule has 1 saturated heterocycles. The first-order valence-corrected chi connectivity index (χ1v) is 9.36. The smallest absolute Gasteiger partial charge is 0.282 e. The van der Waals surface area contributed by atoms with Crippen LogP contribution in [0, 0.1) is 13.8 Å². The van der Waals surface area contributed by atoms with Gasteiger partial charge in [0.1, 0.15) is 5.67 Å². The summed E-state index contributed by atoms with van der Waals surface area (Å²) in [7, 11) is 0. The lowest BCUT2D eigenvalue weighted by atomic mass is 9.93. The van der Waals surface area contributed by atoms with Gasteiger partial charge in [0.05, 0.1) is 5.69 Å². The first-order valence-electron chi connectivity index (χ1n) is 8.48. The minimum Gasteiger partial charge on any atom is -0.336 e. The molecule has 1 aliphatic rings. The third-order valence-electron chi connectivity index (χ3n) is 4.47. The van der Waals surface area contributed by atoms with Crippen molar-refractivity contribution in [3.63, 3.8) is 0 Å². The maximum Gasteiger partial charge on any atom is 0.282 e. The van der Waals surface area contributed by atoms with Gasteiger partial charge in [0.25, 0.3) is 5.91 Å². The van der Waals surface area contributed by atoms with E-state index in [1.807, 2.05) is 37.6 Å². The zero-order valence-electron chi connectivity index (χ0n) is 14.6. The normalized spacial score (nSPS) is 16.8. The summed E-state index contributed by atoms with van der Waals surface area (Å²) in [5, 5.41) is 5.51. The monoisotopic (exact) mass is 362 g/mol. The number of aromatic nitrogens is 2. The van der Waals surface area contributed by atoms with Crippen molar-refractivity contribution >= 4 is 17.2 Å². The summed E-state index contributed by atoms with van der Waals surface area (Å²) >= 11 is 1.35. The number of halogens is 1. The van der Waals surface area contributed by atoms with Gasteiger partial charge in [0.15, 0.2) is 5.01 Å². The largest absolute Gasteiger partial charge is 0.336 e. The summed E-state index contributed by atoms with van der Waals surface area (Å²) in [6.45, 7) is 5.54. The maximum atomic E-state index is 14.9. The summed E-state index contributed by atoms with van der Waals surface area (Å²) in [5.74, 6) is -0.0861. The Labute approximate surface area is 151 Å². The van der Waals surface area contributed by atoms with E-state index in [2.05, 4.69) is 15.3 Å². The van der Waals surface area contributed by atoms with Crippen LogP contribution in [0.5, 0.6) is 0 Å². The summed E-state index contributed by atoms with van der Waals surface area (Å²) in [5.41, 5.74) is 1.58. The molecule has 1 fully saturated rings. The SMILES string of the molecule is Cc1ccc(CNCC2(F)CCN(C(=O)c3nc(C)cs3)CC2)nc1. The molecule has 0 aliphatic carbocycles. The van der Waals surface area contributed by atoms with Gasteiger partial charge in [-0.25, -0.2) is 9.37 Å². The second-order valence-corrected chi connectivity index (χ2v) is 7.53. The van der Waals surface area contributed by atoms with Crippen molar-refractivity contribution in [3.05, 3.63) is 45.7 Å². The minimum absolute atomic E-state index is 0.0861. The van der Waals surface area contributed by atoms with E-state index in [-0.39, 0.29) is 12.5 Å². The van der Waals surface area contributed by atoms with Crippen LogP contribution in [0.4, 0.5) is 4.39 Å². The Kier molecular flexibility index (Phi) is 5.44. The second-order valence-electron chi connectivity index (χ2n) is 6.67. The van der Waals surface area contributed by atoms with E-state index in [1.54, 1.807) is 4.90 Å². The lowest BCUT2D eigenvalue weighted by molar-refractivity contribution is 0.0434. The average Bonchev–Trinajstić information content (AvgIpc) is 3.03. The fourth-order valence-corrected chi connectivity index (χ4v) is 3.65. The van der Waals surface area contributed by atoms with E-state index in [1.165, 1.54) is 11.3 Å². The molecule has 5 nitrogen and oxygen atoms in total. The molecular weight excluding hydrogens is 339 g/mol. The number of amides is 1. The van der Waals surface area contributed by atoms with Gasteiger partial charge in [0.2, 0.25) is 0 Å². The number of likely N-dealkylation sites (tertiary alicyclic amines) is 1. The molecule has 1 amide bonds. The van der Waals surface area contributed by atoms with Crippen molar-refractivity contribution in [1.29, 1.82) is 0 Å². The van der Waals surface area contributed by atoms with E-state index in [0.29, 0.717) is 37.5 Å². The highest BCUT2D eigenvalue weighted by atomic mass is 32.1. The average molecular weight is 362 g/mol. The molecule has 3 heterocycles. The number of piperidine rings is 1. The Morgan fingerprint density at radius 3 is 2.72 bits per heavy atom. The summed E-state index contributed by atoms with van der Waals surface area (Å²) in [6.07, 6.45) is 2.50. The molecule has 1 N–H and O–H groups in total. The van der Waals surface area contributed by atoms with Crippen molar-refractivity contribution < 1.29 is 9.18 Å². The molecule has 0 aromatic carbocycles. The van der Waals surface area contributed by atoms with E-state index in [4.69, 9.17) is 0 Å². The van der Waals surface area contributed by atoms with Gasteiger partial charge >= 0.3 is 0 Å². The Hall–Kier alpha value is -1.86. The van der Waals surface area contributed by atoms with Crippen molar-refractivity contribution in [2.45, 2.75) is 38.9 Å². The van der Waals surface area contributed by atoms with Gasteiger partial charge < -0.3 is 10.2 Å². The zero-order chi connectivity index (χ0) is 17.9. The van der Waals surface area contributed by atoms with Crippen LogP contribution >= 0.6 is 11.3 Å². The Balaban J connectivity index is 1.47. The number of hydrogen-bond acceptors (Lipinski definition) is 5. The van der Waals surface area contributed by atoms with E-state index in [9.17, 15) is 9.18 Å². The first-order chi connectivity index (χ1) is 12.0. The highest BCUT2D eigenvalue weighted by Gasteiger charge is 2.36. The van der Waals surface area contributed by atoms with Crippen LogP contribution in [0.15, 0.2) is 23.7 Å². The fraction of sp³-hybridized carbons (Fsp3) is 0.500. The van der Waals surface area contributed by atoms with Crippen LogP contribution < -0.4 is 5.32 Å². The molecule has 3 rings (SSSR count). The molecule has 134 valence electrons. The first kappa shape index (κ1) is 17.9. The molecule has 0 spiro atoms. The van der Waals surface area contributed by atoms with E-state index < -0.39 is 5.67 Å². The van der Waals surface area contributed by atoms with Crippen molar-refractivity contribution in [3.8, 4) is 0 Å². The number of nitrogens with zero attached hydrogens (tertiary/aromatic N) is 3. The van der Waals surface area contributed by atoms with Gasteiger partial charge in [-0.05, 0) is 25.5 Å². The van der Waals surface area contributed by atoms with Crippen molar-refractivity contribution in [2.75, 3.05) is 19.6 Å². The predicted octanol–water partition coefficient (Wildman–Crippen LogP) is 2.89. The third-order valence-corrected chi connectivity index (χ3v) is 5.42. The van der Waals surface area contributed by atoms with Crippen LogP contribution in [-0.2, 0) is 6.54 Å². The molecule has 2 aromatic rings. The van der Waals surface area contributed by atoms with Crippen molar-refractivity contribution in [1.82, 2.24) is 20.2 Å². The number of alkyl halides is 1. The van der Waals surface area contributed by atoms with Crippen LogP contribution in [-0.4, -0.2) is 46.1 Å². The Morgan fingerprint density at radius 2 is 2.12 bits per heavy atom. The highest BCUT2D eigenvalue weighted by molar-refractivity contribution is 7.11. The highest BCUT2D eigenvalue weighted by Crippen LogP contribution is 2.27. The van der Waals surface area contributed by atoms with Gasteiger partial charge in [-0.15, -0.1) is 11.3 Å².